The van der Waals surface area contributed by atoms with Crippen molar-refractivity contribution < 1.29 is 37.5 Å². The van der Waals surface area contributed by atoms with Crippen LogP contribution in [0, 0.1) is 0 Å². The van der Waals surface area contributed by atoms with Crippen molar-refractivity contribution in [2.75, 3.05) is 7.05 Å². The molecular formula is C2H4NOY+2. The number of rotatable bonds is 1. The average molecular weight is 147 g/mol. The third kappa shape index (κ3) is 12.2. The van der Waals surface area contributed by atoms with Crippen LogP contribution in [0.1, 0.15) is 0 Å². The Morgan fingerprint density at radius 3 is 2.00 bits per heavy atom. The molecule has 0 saturated carbocycles. The number of carbonyl (C=O) groups is 1. The van der Waals surface area contributed by atoms with Gasteiger partial charge in [0.2, 0.25) is 0 Å². The van der Waals surface area contributed by atoms with Gasteiger partial charge in [-0.1, -0.05) is 0 Å². The minimum absolute atomic E-state index is 0. The largest absolute Gasteiger partial charge is 3.00 e. The van der Waals surface area contributed by atoms with Gasteiger partial charge in [0.05, 0.1) is 0 Å². The molecule has 24 valence electrons. The van der Waals surface area contributed by atoms with Gasteiger partial charge >= 0.3 is 32.7 Å². The van der Waals surface area contributed by atoms with Gasteiger partial charge in [-0.3, -0.25) is 0 Å². The molecule has 0 radical (unpaired) electrons. The van der Waals surface area contributed by atoms with Crippen molar-refractivity contribution in [3.05, 3.63) is 5.32 Å². The molecule has 0 rings (SSSR count). The zero-order valence-corrected chi connectivity index (χ0v) is 5.85. The molecule has 0 heterocycles. The maximum Gasteiger partial charge on any atom is 3.00 e. The van der Waals surface area contributed by atoms with Gasteiger partial charge in [0.1, 0.15) is 0 Å². The molecule has 0 aliphatic heterocycles. The Labute approximate surface area is 56.2 Å². The van der Waals surface area contributed by atoms with E-state index in [9.17, 15) is 0 Å². The summed E-state index contributed by atoms with van der Waals surface area (Å²) in [5.74, 6) is 0. The van der Waals surface area contributed by atoms with E-state index in [1.807, 2.05) is 0 Å². The molecule has 0 unspecified atom stereocenters. The first-order chi connectivity index (χ1) is 1.91. The van der Waals surface area contributed by atoms with Crippen molar-refractivity contribution in [2.24, 2.45) is 0 Å². The first kappa shape index (κ1) is 9.13. The second-order valence-corrected chi connectivity index (χ2v) is 0.364. The van der Waals surface area contributed by atoms with E-state index in [0.717, 1.165) is 0 Å². The van der Waals surface area contributed by atoms with Crippen LogP contribution in [0.2, 0.25) is 0 Å². The molecule has 5 heavy (non-hydrogen) atoms. The summed E-state index contributed by atoms with van der Waals surface area (Å²) in [5, 5.41) is 3.06. The molecule has 0 saturated heterocycles. The standard InChI is InChI=1S/C2H5NO.Y/c1-3-2-4;/h2H,1H3,(H,3,4);/q;+3/p-1. The summed E-state index contributed by atoms with van der Waals surface area (Å²) >= 11 is 0. The van der Waals surface area contributed by atoms with E-state index in [1.54, 1.807) is 0 Å². The van der Waals surface area contributed by atoms with Crippen molar-refractivity contribution in [3.63, 3.8) is 0 Å². The minimum atomic E-state index is 0. The molecule has 0 aliphatic carbocycles. The van der Waals surface area contributed by atoms with E-state index in [4.69, 9.17) is 4.79 Å². The quantitative estimate of drug-likeness (QED) is 0.485. The van der Waals surface area contributed by atoms with Crippen LogP contribution in [0.25, 0.3) is 5.32 Å². The van der Waals surface area contributed by atoms with Gasteiger partial charge < -0.3 is 10.1 Å². The number of hydrogen-bond donors (Lipinski definition) is 0. The van der Waals surface area contributed by atoms with Crippen LogP contribution in [0.3, 0.4) is 0 Å². The first-order valence-electron chi connectivity index (χ1n) is 0.941. The van der Waals surface area contributed by atoms with Crippen LogP contribution < -0.4 is 0 Å². The van der Waals surface area contributed by atoms with Gasteiger partial charge in [0, 0.05) is 6.41 Å². The van der Waals surface area contributed by atoms with Gasteiger partial charge in [-0.05, 0) is 0 Å². The molecule has 1 amide bonds. The fourth-order valence-corrected chi connectivity index (χ4v) is 0. The maximum atomic E-state index is 9.01. The number of amides is 1. The second kappa shape index (κ2) is 8.82. The molecule has 0 N–H and O–H groups in total. The molecule has 0 aromatic rings. The van der Waals surface area contributed by atoms with Crippen LogP contribution in [0.4, 0.5) is 0 Å². The van der Waals surface area contributed by atoms with Crippen LogP contribution in [-0.2, 0) is 37.5 Å². The van der Waals surface area contributed by atoms with Crippen molar-refractivity contribution >= 4 is 6.41 Å². The number of hydrogen-bond acceptors (Lipinski definition) is 1. The number of nitrogens with zero attached hydrogens (tertiary/aromatic N) is 1. The van der Waals surface area contributed by atoms with Gasteiger partial charge in [-0.15, -0.1) is 7.05 Å². The van der Waals surface area contributed by atoms with Gasteiger partial charge in [0.15, 0.2) is 0 Å². The summed E-state index contributed by atoms with van der Waals surface area (Å²) in [6.07, 6.45) is 0.500. The van der Waals surface area contributed by atoms with Gasteiger partial charge in [0.25, 0.3) is 0 Å². The fraction of sp³-hybridized carbons (Fsp3) is 0.500. The Kier molecular flexibility index (Phi) is 16.1. The van der Waals surface area contributed by atoms with E-state index < -0.39 is 0 Å². The molecule has 3 heteroatoms. The minimum Gasteiger partial charge on any atom is -0.659 e. The van der Waals surface area contributed by atoms with Crippen LogP contribution >= 0.6 is 0 Å². The predicted octanol–water partition coefficient (Wildman–Crippen LogP) is 0.144. The average Bonchev–Trinajstić information content (AvgIpc) is 1.37. The summed E-state index contributed by atoms with van der Waals surface area (Å²) in [6, 6.07) is 0. The van der Waals surface area contributed by atoms with Crippen LogP contribution in [-0.4, -0.2) is 13.5 Å². The number of carbonyl (C=O) groups excluding carboxylic acids is 1. The smallest absolute Gasteiger partial charge is 0.659 e. The van der Waals surface area contributed by atoms with Crippen LogP contribution in [0.15, 0.2) is 0 Å². The Morgan fingerprint density at radius 1 is 1.80 bits per heavy atom. The SMILES string of the molecule is C[N-]C=O.[Y+3]. The molecule has 0 atom stereocenters. The van der Waals surface area contributed by atoms with Crippen molar-refractivity contribution in [1.29, 1.82) is 0 Å². The van der Waals surface area contributed by atoms with Gasteiger partial charge in [-0.2, -0.15) is 0 Å². The molecular weight excluding hydrogens is 143 g/mol. The van der Waals surface area contributed by atoms with Crippen molar-refractivity contribution in [2.45, 2.75) is 0 Å². The molecule has 0 aromatic heterocycles. The van der Waals surface area contributed by atoms with Crippen molar-refractivity contribution in [1.82, 2.24) is 0 Å². The second-order valence-electron chi connectivity index (χ2n) is 0.364. The maximum absolute atomic E-state index is 9.01. The van der Waals surface area contributed by atoms with E-state index in [1.165, 1.54) is 7.05 Å². The van der Waals surface area contributed by atoms with E-state index in [-0.39, 0.29) is 32.7 Å². The Bertz CT molecular complexity index is 23.6. The van der Waals surface area contributed by atoms with E-state index in [2.05, 4.69) is 5.32 Å². The van der Waals surface area contributed by atoms with Crippen LogP contribution in [0.5, 0.6) is 0 Å². The Hall–Kier alpha value is 0.574. The molecule has 0 fully saturated rings. The molecule has 0 bridgehead atoms. The molecule has 0 aliphatic rings. The third-order valence-corrected chi connectivity index (χ3v) is 0.105. The molecule has 2 nitrogen and oxygen atoms in total. The zero-order chi connectivity index (χ0) is 3.41. The Morgan fingerprint density at radius 2 is 2.00 bits per heavy atom. The topological polar surface area (TPSA) is 31.2 Å². The van der Waals surface area contributed by atoms with Gasteiger partial charge in [-0.25, -0.2) is 0 Å². The zero-order valence-electron chi connectivity index (χ0n) is 3.01. The summed E-state index contributed by atoms with van der Waals surface area (Å²) in [6.45, 7) is 0. The predicted molar refractivity (Wildman–Crippen MR) is 15.3 cm³/mol. The molecule has 0 spiro atoms. The molecule has 0 aromatic carbocycles. The fourth-order valence-electron chi connectivity index (χ4n) is 0. The summed E-state index contributed by atoms with van der Waals surface area (Å²) in [4.78, 5) is 9.01. The Balaban J connectivity index is 0. The third-order valence-electron chi connectivity index (χ3n) is 0.105. The van der Waals surface area contributed by atoms with E-state index in [0.29, 0.717) is 6.41 Å². The monoisotopic (exact) mass is 147 g/mol. The summed E-state index contributed by atoms with van der Waals surface area (Å²) < 4.78 is 0. The normalized spacial score (nSPS) is 4.20. The summed E-state index contributed by atoms with van der Waals surface area (Å²) in [7, 11) is 1.44. The first-order valence-corrected chi connectivity index (χ1v) is 0.941. The summed E-state index contributed by atoms with van der Waals surface area (Å²) in [5.41, 5.74) is 0. The van der Waals surface area contributed by atoms with E-state index >= 15 is 0 Å². The van der Waals surface area contributed by atoms with Crippen molar-refractivity contribution in [3.8, 4) is 0 Å².